The average molecular weight is 381 g/mol. The summed E-state index contributed by atoms with van der Waals surface area (Å²) in [7, 11) is 4.00. The molecule has 0 saturated heterocycles. The first-order chi connectivity index (χ1) is 13.5. The maximum atomic E-state index is 12.6. The van der Waals surface area contributed by atoms with Gasteiger partial charge in [-0.2, -0.15) is 5.26 Å². The Kier molecular flexibility index (Phi) is 8.25. The summed E-state index contributed by atoms with van der Waals surface area (Å²) in [6.07, 6.45) is 6.32. The summed E-state index contributed by atoms with van der Waals surface area (Å²) in [5, 5.41) is 12.3. The van der Waals surface area contributed by atoms with E-state index in [-0.39, 0.29) is 11.6 Å². The maximum Gasteiger partial charge on any atom is 0.262 e. The number of hydrogen-bond donors (Lipinski definition) is 2. The molecule has 1 aromatic carbocycles. The van der Waals surface area contributed by atoms with E-state index in [1.165, 1.54) is 6.08 Å². The van der Waals surface area contributed by atoms with Crippen LogP contribution < -0.4 is 10.1 Å². The predicted molar refractivity (Wildman–Crippen MR) is 108 cm³/mol. The molecule has 0 saturated carbocycles. The first-order valence-corrected chi connectivity index (χ1v) is 9.33. The van der Waals surface area contributed by atoms with Crippen molar-refractivity contribution >= 4 is 12.0 Å². The van der Waals surface area contributed by atoms with Gasteiger partial charge in [-0.05, 0) is 38.2 Å². The molecule has 0 spiro atoms. The van der Waals surface area contributed by atoms with E-state index in [1.807, 2.05) is 44.4 Å². The van der Waals surface area contributed by atoms with Crippen LogP contribution in [-0.2, 0) is 4.79 Å². The molecule has 28 heavy (non-hydrogen) atoms. The summed E-state index contributed by atoms with van der Waals surface area (Å²) in [5.74, 6) is 0.851. The van der Waals surface area contributed by atoms with Crippen molar-refractivity contribution in [1.29, 1.82) is 5.26 Å². The molecule has 0 aliphatic carbocycles. The number of nitriles is 1. The molecule has 0 radical (unpaired) electrons. The minimum Gasteiger partial charge on any atom is -0.492 e. The number of aromatic amines is 1. The largest absolute Gasteiger partial charge is 0.492 e. The lowest BCUT2D eigenvalue weighted by atomic mass is 10.0. The standard InChI is InChI=1S/C21H27N5O2/c1-4-5-19(16-6-8-18(9-7-16)28-13-12-26(2)3)25-21(27)17(15-22)14-20-23-10-11-24-20/h6-11,14,19H,4-5,12-13H2,1-3H3,(H,23,24)(H,25,27). The molecule has 0 aliphatic heterocycles. The molecule has 1 heterocycles. The number of imidazole rings is 1. The number of benzene rings is 1. The van der Waals surface area contributed by atoms with Crippen LogP contribution in [0.1, 0.15) is 37.2 Å². The number of amides is 1. The van der Waals surface area contributed by atoms with Gasteiger partial charge in [-0.1, -0.05) is 25.5 Å². The van der Waals surface area contributed by atoms with Crippen LogP contribution in [0.4, 0.5) is 0 Å². The van der Waals surface area contributed by atoms with E-state index in [1.54, 1.807) is 12.4 Å². The van der Waals surface area contributed by atoms with Gasteiger partial charge in [0.25, 0.3) is 5.91 Å². The zero-order valence-corrected chi connectivity index (χ0v) is 16.6. The molecule has 1 unspecified atom stereocenters. The molecular weight excluding hydrogens is 354 g/mol. The van der Waals surface area contributed by atoms with E-state index in [9.17, 15) is 10.1 Å². The fourth-order valence-corrected chi connectivity index (χ4v) is 2.63. The quantitative estimate of drug-likeness (QED) is 0.487. The molecule has 0 fully saturated rings. The third-order valence-corrected chi connectivity index (χ3v) is 4.14. The molecule has 0 aliphatic rings. The molecule has 2 rings (SSSR count). The van der Waals surface area contributed by atoms with Crippen LogP contribution in [0.5, 0.6) is 5.75 Å². The van der Waals surface area contributed by atoms with E-state index < -0.39 is 5.91 Å². The lowest BCUT2D eigenvalue weighted by Crippen LogP contribution is -2.29. The number of carbonyl (C=O) groups excluding carboxylic acids is 1. The summed E-state index contributed by atoms with van der Waals surface area (Å²) < 4.78 is 5.72. The van der Waals surface area contributed by atoms with Crippen LogP contribution in [0.2, 0.25) is 0 Å². The van der Waals surface area contributed by atoms with Crippen LogP contribution in [0.3, 0.4) is 0 Å². The zero-order chi connectivity index (χ0) is 20.4. The Bertz CT molecular complexity index is 804. The van der Waals surface area contributed by atoms with Crippen LogP contribution >= 0.6 is 0 Å². The molecule has 1 amide bonds. The third kappa shape index (κ3) is 6.56. The Balaban J connectivity index is 2.05. The first kappa shape index (κ1) is 21.2. The highest BCUT2D eigenvalue weighted by Crippen LogP contribution is 2.22. The van der Waals surface area contributed by atoms with Crippen molar-refractivity contribution in [3.05, 3.63) is 53.6 Å². The van der Waals surface area contributed by atoms with Gasteiger partial charge in [0.15, 0.2) is 0 Å². The second kappa shape index (κ2) is 10.9. The minimum absolute atomic E-state index is 0.0136. The Hall–Kier alpha value is -3.11. The summed E-state index contributed by atoms with van der Waals surface area (Å²) >= 11 is 0. The van der Waals surface area contributed by atoms with Crippen molar-refractivity contribution in [2.75, 3.05) is 27.2 Å². The number of H-pyrrole nitrogens is 1. The van der Waals surface area contributed by atoms with Gasteiger partial charge in [0.2, 0.25) is 0 Å². The molecule has 2 aromatic rings. The third-order valence-electron chi connectivity index (χ3n) is 4.14. The normalized spacial score (nSPS) is 12.5. The molecule has 148 valence electrons. The van der Waals surface area contributed by atoms with Gasteiger partial charge in [0.1, 0.15) is 29.8 Å². The monoisotopic (exact) mass is 381 g/mol. The summed E-state index contributed by atoms with van der Waals surface area (Å²) in [4.78, 5) is 21.5. The summed E-state index contributed by atoms with van der Waals surface area (Å²) in [5.41, 5.74) is 0.991. The molecule has 7 nitrogen and oxygen atoms in total. The van der Waals surface area contributed by atoms with E-state index in [0.29, 0.717) is 12.4 Å². The van der Waals surface area contributed by atoms with Crippen LogP contribution in [0, 0.1) is 11.3 Å². The predicted octanol–water partition coefficient (Wildman–Crippen LogP) is 2.91. The minimum atomic E-state index is -0.413. The van der Waals surface area contributed by atoms with Crippen molar-refractivity contribution in [3.63, 3.8) is 0 Å². The molecule has 1 aromatic heterocycles. The number of nitrogens with zero attached hydrogens (tertiary/aromatic N) is 3. The molecular formula is C21H27N5O2. The van der Waals surface area contributed by atoms with Gasteiger partial charge in [0, 0.05) is 25.0 Å². The van der Waals surface area contributed by atoms with Crippen molar-refractivity contribution < 1.29 is 9.53 Å². The van der Waals surface area contributed by atoms with E-state index in [4.69, 9.17) is 4.74 Å². The lowest BCUT2D eigenvalue weighted by Gasteiger charge is -2.19. The summed E-state index contributed by atoms with van der Waals surface area (Å²) in [6.45, 7) is 3.52. The van der Waals surface area contributed by atoms with Crippen molar-refractivity contribution in [1.82, 2.24) is 20.2 Å². The Morgan fingerprint density at radius 1 is 1.39 bits per heavy atom. The fourth-order valence-electron chi connectivity index (χ4n) is 2.63. The van der Waals surface area contributed by atoms with Crippen molar-refractivity contribution in [2.24, 2.45) is 0 Å². The number of likely N-dealkylation sites (N-methyl/N-ethyl adjacent to an activating group) is 1. The highest BCUT2D eigenvalue weighted by Gasteiger charge is 2.17. The molecule has 1 atom stereocenters. The Morgan fingerprint density at radius 2 is 2.14 bits per heavy atom. The SMILES string of the molecule is CCCC(NC(=O)C(C#N)=Cc1ncc[nH]1)c1ccc(OCCN(C)C)cc1. The topological polar surface area (TPSA) is 94.0 Å². The van der Waals surface area contributed by atoms with Gasteiger partial charge >= 0.3 is 0 Å². The highest BCUT2D eigenvalue weighted by molar-refractivity contribution is 6.01. The first-order valence-electron chi connectivity index (χ1n) is 9.33. The lowest BCUT2D eigenvalue weighted by molar-refractivity contribution is -0.117. The number of aromatic nitrogens is 2. The Labute approximate surface area is 166 Å². The number of rotatable bonds is 10. The second-order valence-corrected chi connectivity index (χ2v) is 6.68. The Morgan fingerprint density at radius 3 is 2.71 bits per heavy atom. The van der Waals surface area contributed by atoms with Gasteiger partial charge in [0.05, 0.1) is 6.04 Å². The molecule has 2 N–H and O–H groups in total. The number of nitrogens with one attached hydrogen (secondary N) is 2. The van der Waals surface area contributed by atoms with Crippen molar-refractivity contribution in [2.45, 2.75) is 25.8 Å². The highest BCUT2D eigenvalue weighted by atomic mass is 16.5. The summed E-state index contributed by atoms with van der Waals surface area (Å²) in [6, 6.07) is 9.48. The number of hydrogen-bond acceptors (Lipinski definition) is 5. The van der Waals surface area contributed by atoms with Crippen LogP contribution in [-0.4, -0.2) is 48.0 Å². The van der Waals surface area contributed by atoms with E-state index in [0.717, 1.165) is 30.7 Å². The van der Waals surface area contributed by atoms with Gasteiger partial charge < -0.3 is 19.9 Å². The molecule has 7 heteroatoms. The zero-order valence-electron chi connectivity index (χ0n) is 16.6. The number of ether oxygens (including phenoxy) is 1. The van der Waals surface area contributed by atoms with Gasteiger partial charge in [-0.15, -0.1) is 0 Å². The smallest absolute Gasteiger partial charge is 0.262 e. The second-order valence-electron chi connectivity index (χ2n) is 6.68. The van der Waals surface area contributed by atoms with E-state index >= 15 is 0 Å². The number of carbonyl (C=O) groups is 1. The van der Waals surface area contributed by atoms with Crippen LogP contribution in [0.25, 0.3) is 6.08 Å². The van der Waals surface area contributed by atoms with Gasteiger partial charge in [-0.3, -0.25) is 4.79 Å². The van der Waals surface area contributed by atoms with Crippen molar-refractivity contribution in [3.8, 4) is 11.8 Å². The van der Waals surface area contributed by atoms with E-state index in [2.05, 4.69) is 27.1 Å². The average Bonchev–Trinajstić information content (AvgIpc) is 3.19. The fraction of sp³-hybridized carbons (Fsp3) is 0.381. The van der Waals surface area contributed by atoms with Crippen LogP contribution in [0.15, 0.2) is 42.2 Å². The maximum absolute atomic E-state index is 12.6. The van der Waals surface area contributed by atoms with Gasteiger partial charge in [-0.25, -0.2) is 4.98 Å². The molecule has 0 bridgehead atoms.